The van der Waals surface area contributed by atoms with E-state index < -0.39 is 0 Å². The lowest BCUT2D eigenvalue weighted by Gasteiger charge is -2.41. The molecule has 2 atom stereocenters. The Labute approximate surface area is 193 Å². The summed E-state index contributed by atoms with van der Waals surface area (Å²) in [7, 11) is 1.72. The number of piperazine rings is 1. The summed E-state index contributed by atoms with van der Waals surface area (Å²) >= 11 is 0. The highest BCUT2D eigenvalue weighted by Crippen LogP contribution is 2.42. The second-order valence-corrected chi connectivity index (χ2v) is 8.58. The molecule has 2 aromatic carbocycles. The van der Waals surface area contributed by atoms with Crippen LogP contribution in [0.1, 0.15) is 49.1 Å². The first-order chi connectivity index (χ1) is 13.6. The van der Waals surface area contributed by atoms with Gasteiger partial charge < -0.3 is 14.8 Å². The van der Waals surface area contributed by atoms with Crippen molar-refractivity contribution in [2.24, 2.45) is 0 Å². The van der Waals surface area contributed by atoms with Crippen molar-refractivity contribution in [2.45, 2.75) is 37.8 Å². The fourth-order valence-corrected chi connectivity index (χ4v) is 4.58. The minimum absolute atomic E-state index is 0. The summed E-state index contributed by atoms with van der Waals surface area (Å²) in [5.74, 6) is 0.906. The van der Waals surface area contributed by atoms with Gasteiger partial charge in [0.05, 0.1) is 19.8 Å². The molecule has 1 fully saturated rings. The Bertz CT molecular complexity index is 792. The molecular formula is C24H34Cl2N2O2. The molecule has 0 amide bonds. The molecule has 0 aliphatic carbocycles. The van der Waals surface area contributed by atoms with Crippen LogP contribution in [0.4, 0.5) is 0 Å². The topological polar surface area (TPSA) is 33.7 Å². The van der Waals surface area contributed by atoms with Crippen LogP contribution in [0.15, 0.2) is 48.5 Å². The van der Waals surface area contributed by atoms with E-state index >= 15 is 0 Å². The average molecular weight is 453 g/mol. The van der Waals surface area contributed by atoms with Crippen molar-refractivity contribution in [1.29, 1.82) is 0 Å². The zero-order valence-corrected chi connectivity index (χ0v) is 19.7. The highest BCUT2D eigenvalue weighted by molar-refractivity contribution is 5.85. The minimum atomic E-state index is 0. The van der Waals surface area contributed by atoms with Gasteiger partial charge in [-0.2, -0.15) is 0 Å². The van der Waals surface area contributed by atoms with E-state index in [9.17, 15) is 0 Å². The van der Waals surface area contributed by atoms with Crippen molar-refractivity contribution in [3.8, 4) is 5.75 Å². The molecule has 6 heteroatoms. The number of halogens is 2. The maximum atomic E-state index is 6.44. The van der Waals surface area contributed by atoms with Crippen LogP contribution in [0.2, 0.25) is 0 Å². The monoisotopic (exact) mass is 452 g/mol. The molecule has 30 heavy (non-hydrogen) atoms. The van der Waals surface area contributed by atoms with E-state index in [2.05, 4.69) is 72.6 Å². The van der Waals surface area contributed by atoms with Gasteiger partial charge >= 0.3 is 0 Å². The zero-order chi connectivity index (χ0) is 19.6. The van der Waals surface area contributed by atoms with Crippen LogP contribution in [0.5, 0.6) is 5.75 Å². The van der Waals surface area contributed by atoms with E-state index in [1.165, 1.54) is 16.7 Å². The molecule has 2 unspecified atom stereocenters. The Morgan fingerprint density at radius 3 is 2.40 bits per heavy atom. The number of ether oxygens (including phenoxy) is 2. The first kappa shape index (κ1) is 25.0. The lowest BCUT2D eigenvalue weighted by Crippen LogP contribution is -2.45. The average Bonchev–Trinajstić information content (AvgIpc) is 2.74. The Morgan fingerprint density at radius 1 is 1.07 bits per heavy atom. The lowest BCUT2D eigenvalue weighted by molar-refractivity contribution is -0.0157. The molecule has 2 aliphatic rings. The summed E-state index contributed by atoms with van der Waals surface area (Å²) in [4.78, 5) is 2.60. The van der Waals surface area contributed by atoms with E-state index in [4.69, 9.17) is 9.47 Å². The van der Waals surface area contributed by atoms with Gasteiger partial charge in [0.1, 0.15) is 5.75 Å². The smallest absolute Gasteiger partial charge is 0.118 e. The van der Waals surface area contributed by atoms with E-state index in [0.717, 1.165) is 45.0 Å². The SMILES string of the molecule is COc1ccc(C(CC2OCC(C)(C)c3ccccc32)N2CCNCC2)cc1.Cl.Cl. The second-order valence-electron chi connectivity index (χ2n) is 8.58. The Hall–Kier alpha value is -1.30. The van der Waals surface area contributed by atoms with Gasteiger partial charge in [-0.1, -0.05) is 50.2 Å². The van der Waals surface area contributed by atoms with Gasteiger partial charge in [0.25, 0.3) is 0 Å². The zero-order valence-electron chi connectivity index (χ0n) is 18.1. The van der Waals surface area contributed by atoms with Crippen LogP contribution in [0, 0.1) is 0 Å². The molecular weight excluding hydrogens is 419 g/mol. The number of methoxy groups -OCH3 is 1. The summed E-state index contributed by atoms with van der Waals surface area (Å²) in [6.45, 7) is 9.54. The summed E-state index contributed by atoms with van der Waals surface area (Å²) in [6, 6.07) is 17.7. The summed E-state index contributed by atoms with van der Waals surface area (Å²) in [5.41, 5.74) is 4.19. The van der Waals surface area contributed by atoms with E-state index in [-0.39, 0.29) is 36.3 Å². The Balaban J connectivity index is 0.00000160. The second kappa shape index (κ2) is 10.8. The normalized spacial score (nSPS) is 21.5. The highest BCUT2D eigenvalue weighted by Gasteiger charge is 2.35. The van der Waals surface area contributed by atoms with Crippen LogP contribution in [0.3, 0.4) is 0 Å². The summed E-state index contributed by atoms with van der Waals surface area (Å²) in [6.07, 6.45) is 1.10. The molecule has 0 spiro atoms. The van der Waals surface area contributed by atoms with Gasteiger partial charge in [-0.3, -0.25) is 4.90 Å². The van der Waals surface area contributed by atoms with Crippen molar-refractivity contribution < 1.29 is 9.47 Å². The number of hydrogen-bond donors (Lipinski definition) is 1. The Kier molecular flexibility index (Phi) is 9.01. The third-order valence-corrected chi connectivity index (χ3v) is 6.21. The number of hydrogen-bond acceptors (Lipinski definition) is 4. The van der Waals surface area contributed by atoms with E-state index in [1.54, 1.807) is 7.11 Å². The molecule has 2 heterocycles. The first-order valence-electron chi connectivity index (χ1n) is 10.4. The molecule has 0 aromatic heterocycles. The van der Waals surface area contributed by atoms with Crippen LogP contribution in [-0.2, 0) is 10.2 Å². The molecule has 1 saturated heterocycles. The van der Waals surface area contributed by atoms with Gasteiger partial charge in [0.2, 0.25) is 0 Å². The molecule has 2 aromatic rings. The molecule has 4 rings (SSSR count). The highest BCUT2D eigenvalue weighted by atomic mass is 35.5. The van der Waals surface area contributed by atoms with Gasteiger partial charge in [0.15, 0.2) is 0 Å². The van der Waals surface area contributed by atoms with Crippen LogP contribution in [-0.4, -0.2) is 44.8 Å². The lowest BCUT2D eigenvalue weighted by atomic mass is 9.78. The Morgan fingerprint density at radius 2 is 1.73 bits per heavy atom. The quantitative estimate of drug-likeness (QED) is 0.697. The van der Waals surface area contributed by atoms with Crippen molar-refractivity contribution >= 4 is 24.8 Å². The fourth-order valence-electron chi connectivity index (χ4n) is 4.58. The number of nitrogens with zero attached hydrogens (tertiary/aromatic N) is 1. The fraction of sp³-hybridized carbons (Fsp3) is 0.500. The third kappa shape index (κ3) is 5.30. The molecule has 0 radical (unpaired) electrons. The predicted octanol–water partition coefficient (Wildman–Crippen LogP) is 4.92. The summed E-state index contributed by atoms with van der Waals surface area (Å²) in [5, 5.41) is 3.48. The molecule has 0 saturated carbocycles. The van der Waals surface area contributed by atoms with Crippen molar-refractivity contribution in [1.82, 2.24) is 10.2 Å². The van der Waals surface area contributed by atoms with Gasteiger partial charge in [-0.15, -0.1) is 24.8 Å². The van der Waals surface area contributed by atoms with Crippen molar-refractivity contribution in [3.05, 3.63) is 65.2 Å². The third-order valence-electron chi connectivity index (χ3n) is 6.21. The minimum Gasteiger partial charge on any atom is -0.497 e. The predicted molar refractivity (Wildman–Crippen MR) is 127 cm³/mol. The largest absolute Gasteiger partial charge is 0.497 e. The molecule has 1 N–H and O–H groups in total. The molecule has 0 bridgehead atoms. The summed E-state index contributed by atoms with van der Waals surface area (Å²) < 4.78 is 11.8. The number of rotatable bonds is 5. The standard InChI is InChI=1S/C24H32N2O2.2ClH/c1-24(2)17-28-23(20-6-4-5-7-21(20)24)16-22(26-14-12-25-13-15-26)18-8-10-19(27-3)11-9-18;;/h4-11,22-23,25H,12-17H2,1-3H3;2*1H. The molecule has 4 nitrogen and oxygen atoms in total. The van der Waals surface area contributed by atoms with Gasteiger partial charge in [-0.05, 0) is 35.2 Å². The number of fused-ring (bicyclic) bond motifs is 1. The molecule has 166 valence electrons. The van der Waals surface area contributed by atoms with Crippen molar-refractivity contribution in [2.75, 3.05) is 39.9 Å². The van der Waals surface area contributed by atoms with E-state index in [1.807, 2.05) is 0 Å². The van der Waals surface area contributed by atoms with Crippen LogP contribution >= 0.6 is 24.8 Å². The maximum absolute atomic E-state index is 6.44. The first-order valence-corrected chi connectivity index (χ1v) is 10.4. The van der Waals surface area contributed by atoms with E-state index in [0.29, 0.717) is 6.04 Å². The number of nitrogens with one attached hydrogen (secondary N) is 1. The van der Waals surface area contributed by atoms with Crippen LogP contribution in [0.25, 0.3) is 0 Å². The van der Waals surface area contributed by atoms with Crippen LogP contribution < -0.4 is 10.1 Å². The van der Waals surface area contributed by atoms with Crippen molar-refractivity contribution in [3.63, 3.8) is 0 Å². The number of benzene rings is 2. The van der Waals surface area contributed by atoms with Gasteiger partial charge in [0, 0.05) is 37.6 Å². The van der Waals surface area contributed by atoms with Gasteiger partial charge in [-0.25, -0.2) is 0 Å². The molecule has 2 aliphatic heterocycles. The maximum Gasteiger partial charge on any atom is 0.118 e.